The number of nitrogen functional groups attached to an aromatic ring is 1. The SMILES string of the molecule is CC(O)c1cc(-c2ccccc2)ccc1N. The van der Waals surface area contributed by atoms with E-state index in [0.717, 1.165) is 16.7 Å². The Morgan fingerprint density at radius 2 is 1.69 bits per heavy atom. The van der Waals surface area contributed by atoms with Gasteiger partial charge < -0.3 is 10.8 Å². The average Bonchev–Trinajstić information content (AvgIpc) is 2.30. The van der Waals surface area contributed by atoms with Gasteiger partial charge in [-0.05, 0) is 30.2 Å². The van der Waals surface area contributed by atoms with Gasteiger partial charge in [-0.1, -0.05) is 36.4 Å². The Balaban J connectivity index is 2.48. The third-order valence-corrected chi connectivity index (χ3v) is 2.64. The molecule has 0 aliphatic carbocycles. The van der Waals surface area contributed by atoms with Crippen LogP contribution < -0.4 is 5.73 Å². The lowest BCUT2D eigenvalue weighted by atomic mass is 10.00. The number of hydrogen-bond acceptors (Lipinski definition) is 2. The van der Waals surface area contributed by atoms with Gasteiger partial charge in [0.05, 0.1) is 6.10 Å². The van der Waals surface area contributed by atoms with Gasteiger partial charge in [-0.25, -0.2) is 0 Å². The van der Waals surface area contributed by atoms with Crippen LogP contribution in [0.15, 0.2) is 48.5 Å². The highest BCUT2D eigenvalue weighted by atomic mass is 16.3. The molecule has 2 heteroatoms. The summed E-state index contributed by atoms with van der Waals surface area (Å²) in [5.41, 5.74) is 9.43. The van der Waals surface area contributed by atoms with Crippen LogP contribution in [-0.4, -0.2) is 5.11 Å². The Bertz CT molecular complexity index is 477. The smallest absolute Gasteiger partial charge is 0.0782 e. The largest absolute Gasteiger partial charge is 0.398 e. The topological polar surface area (TPSA) is 46.2 Å². The lowest BCUT2D eigenvalue weighted by molar-refractivity contribution is 0.200. The van der Waals surface area contributed by atoms with Gasteiger partial charge in [0, 0.05) is 11.3 Å². The molecule has 0 aromatic heterocycles. The molecule has 0 aliphatic rings. The van der Waals surface area contributed by atoms with Crippen LogP contribution in [0.1, 0.15) is 18.6 Å². The van der Waals surface area contributed by atoms with Crippen LogP contribution in [0.5, 0.6) is 0 Å². The van der Waals surface area contributed by atoms with E-state index in [1.54, 1.807) is 6.92 Å². The molecule has 0 heterocycles. The summed E-state index contributed by atoms with van der Waals surface area (Å²) in [5.74, 6) is 0. The van der Waals surface area contributed by atoms with E-state index in [9.17, 15) is 5.11 Å². The van der Waals surface area contributed by atoms with E-state index < -0.39 is 6.10 Å². The number of benzene rings is 2. The van der Waals surface area contributed by atoms with Crippen LogP contribution in [0.4, 0.5) is 5.69 Å². The highest BCUT2D eigenvalue weighted by Crippen LogP contribution is 2.27. The molecule has 16 heavy (non-hydrogen) atoms. The van der Waals surface area contributed by atoms with E-state index in [0.29, 0.717) is 5.69 Å². The number of hydrogen-bond donors (Lipinski definition) is 2. The van der Waals surface area contributed by atoms with Gasteiger partial charge in [0.2, 0.25) is 0 Å². The average molecular weight is 213 g/mol. The van der Waals surface area contributed by atoms with Crippen LogP contribution in [0.25, 0.3) is 11.1 Å². The molecule has 2 aromatic rings. The molecule has 2 nitrogen and oxygen atoms in total. The quantitative estimate of drug-likeness (QED) is 0.753. The maximum atomic E-state index is 9.60. The fourth-order valence-corrected chi connectivity index (χ4v) is 1.75. The van der Waals surface area contributed by atoms with Crippen molar-refractivity contribution in [2.45, 2.75) is 13.0 Å². The molecule has 0 fully saturated rings. The third kappa shape index (κ3) is 2.07. The summed E-state index contributed by atoms with van der Waals surface area (Å²) in [6, 6.07) is 15.8. The van der Waals surface area contributed by atoms with Gasteiger partial charge in [0.15, 0.2) is 0 Å². The predicted molar refractivity (Wildman–Crippen MR) is 66.9 cm³/mol. The minimum absolute atomic E-state index is 0.538. The minimum Gasteiger partial charge on any atom is -0.398 e. The summed E-state index contributed by atoms with van der Waals surface area (Å²) in [6.45, 7) is 1.72. The lowest BCUT2D eigenvalue weighted by Crippen LogP contribution is -1.98. The first-order valence-corrected chi connectivity index (χ1v) is 5.31. The molecule has 2 aromatic carbocycles. The fourth-order valence-electron chi connectivity index (χ4n) is 1.75. The first-order valence-electron chi connectivity index (χ1n) is 5.31. The standard InChI is InChI=1S/C14H15NO/c1-10(16)13-9-12(7-8-14(13)15)11-5-3-2-4-6-11/h2-10,16H,15H2,1H3. The Morgan fingerprint density at radius 1 is 1.00 bits per heavy atom. The second-order valence-corrected chi connectivity index (χ2v) is 3.89. The summed E-state index contributed by atoms with van der Waals surface area (Å²) in [4.78, 5) is 0. The maximum Gasteiger partial charge on any atom is 0.0782 e. The van der Waals surface area contributed by atoms with Crippen molar-refractivity contribution in [1.82, 2.24) is 0 Å². The number of rotatable bonds is 2. The zero-order chi connectivity index (χ0) is 11.5. The number of anilines is 1. The van der Waals surface area contributed by atoms with Crippen molar-refractivity contribution in [2.24, 2.45) is 0 Å². The second-order valence-electron chi connectivity index (χ2n) is 3.89. The molecule has 0 saturated carbocycles. The summed E-state index contributed by atoms with van der Waals surface area (Å²) in [7, 11) is 0. The van der Waals surface area contributed by atoms with Gasteiger partial charge in [-0.15, -0.1) is 0 Å². The van der Waals surface area contributed by atoms with Crippen molar-refractivity contribution in [3.8, 4) is 11.1 Å². The molecular formula is C14H15NO. The van der Waals surface area contributed by atoms with E-state index in [1.165, 1.54) is 0 Å². The van der Waals surface area contributed by atoms with Gasteiger partial charge >= 0.3 is 0 Å². The van der Waals surface area contributed by atoms with Gasteiger partial charge in [0.1, 0.15) is 0 Å². The van der Waals surface area contributed by atoms with Gasteiger partial charge in [0.25, 0.3) is 0 Å². The first-order chi connectivity index (χ1) is 7.68. The fraction of sp³-hybridized carbons (Fsp3) is 0.143. The molecule has 0 aliphatic heterocycles. The highest BCUT2D eigenvalue weighted by molar-refractivity contribution is 5.67. The van der Waals surface area contributed by atoms with Crippen LogP contribution in [0.2, 0.25) is 0 Å². The molecule has 1 unspecified atom stereocenters. The van der Waals surface area contributed by atoms with E-state index in [1.807, 2.05) is 48.5 Å². The second kappa shape index (κ2) is 4.37. The molecule has 0 radical (unpaired) electrons. The van der Waals surface area contributed by atoms with Crippen LogP contribution in [0.3, 0.4) is 0 Å². The maximum absolute atomic E-state index is 9.60. The zero-order valence-electron chi connectivity index (χ0n) is 9.22. The van der Waals surface area contributed by atoms with Crippen molar-refractivity contribution >= 4 is 5.69 Å². The minimum atomic E-state index is -0.538. The van der Waals surface area contributed by atoms with E-state index in [-0.39, 0.29) is 0 Å². The van der Waals surface area contributed by atoms with Crippen molar-refractivity contribution in [2.75, 3.05) is 5.73 Å². The highest BCUT2D eigenvalue weighted by Gasteiger charge is 2.07. The zero-order valence-corrected chi connectivity index (χ0v) is 9.22. The first kappa shape index (κ1) is 10.7. The molecule has 82 valence electrons. The summed E-state index contributed by atoms with van der Waals surface area (Å²) >= 11 is 0. The number of aliphatic hydroxyl groups is 1. The van der Waals surface area contributed by atoms with E-state index in [4.69, 9.17) is 5.73 Å². The summed E-state index contributed by atoms with van der Waals surface area (Å²) in [6.07, 6.45) is -0.538. The van der Waals surface area contributed by atoms with Crippen molar-refractivity contribution in [1.29, 1.82) is 0 Å². The van der Waals surface area contributed by atoms with E-state index >= 15 is 0 Å². The predicted octanol–water partition coefficient (Wildman–Crippen LogP) is 2.99. The van der Waals surface area contributed by atoms with Crippen molar-refractivity contribution in [3.63, 3.8) is 0 Å². The lowest BCUT2D eigenvalue weighted by Gasteiger charge is -2.11. The van der Waals surface area contributed by atoms with Gasteiger partial charge in [-0.2, -0.15) is 0 Å². The number of nitrogens with two attached hydrogens (primary N) is 1. The van der Waals surface area contributed by atoms with E-state index in [2.05, 4.69) is 0 Å². The number of aliphatic hydroxyl groups excluding tert-OH is 1. The Labute approximate surface area is 95.4 Å². The molecule has 0 bridgehead atoms. The van der Waals surface area contributed by atoms with Crippen molar-refractivity contribution in [3.05, 3.63) is 54.1 Å². The molecular weight excluding hydrogens is 198 g/mol. The van der Waals surface area contributed by atoms with Crippen molar-refractivity contribution < 1.29 is 5.11 Å². The molecule has 3 N–H and O–H groups in total. The van der Waals surface area contributed by atoms with Crippen LogP contribution >= 0.6 is 0 Å². The summed E-state index contributed by atoms with van der Waals surface area (Å²) in [5, 5.41) is 9.60. The Hall–Kier alpha value is -1.80. The molecule has 0 amide bonds. The Kier molecular flexibility index (Phi) is 2.93. The Morgan fingerprint density at radius 3 is 2.31 bits per heavy atom. The normalized spacial score (nSPS) is 12.4. The molecule has 2 rings (SSSR count). The molecule has 0 spiro atoms. The summed E-state index contributed by atoms with van der Waals surface area (Å²) < 4.78 is 0. The molecule has 0 saturated heterocycles. The molecule has 1 atom stereocenters. The third-order valence-electron chi connectivity index (χ3n) is 2.64. The van der Waals surface area contributed by atoms with Gasteiger partial charge in [-0.3, -0.25) is 0 Å². The van der Waals surface area contributed by atoms with Crippen LogP contribution in [-0.2, 0) is 0 Å². The van der Waals surface area contributed by atoms with Crippen LogP contribution in [0, 0.1) is 0 Å². The monoisotopic (exact) mass is 213 g/mol.